The van der Waals surface area contributed by atoms with E-state index in [-0.39, 0.29) is 35.8 Å². The Balaban J connectivity index is 0.00000529. The summed E-state index contributed by atoms with van der Waals surface area (Å²) in [6, 6.07) is 7.82. The minimum atomic E-state index is -0.0195. The number of nitrogens with zero attached hydrogens (tertiary/aromatic N) is 1. The Kier molecular flexibility index (Phi) is 11.4. The summed E-state index contributed by atoms with van der Waals surface area (Å²) in [7, 11) is 0. The molecule has 1 amide bonds. The maximum atomic E-state index is 11.7. The Bertz CT molecular complexity index is 512. The van der Waals surface area contributed by atoms with Crippen molar-refractivity contribution >= 4 is 41.5 Å². The molecule has 3 N–H and O–H groups in total. The van der Waals surface area contributed by atoms with Crippen LogP contribution in [0.1, 0.15) is 40.2 Å². The molecule has 1 aromatic carbocycles. The van der Waals surface area contributed by atoms with Gasteiger partial charge in [-0.2, -0.15) is 0 Å². The van der Waals surface area contributed by atoms with E-state index in [0.717, 1.165) is 30.3 Å². The van der Waals surface area contributed by atoms with Crippen molar-refractivity contribution in [3.05, 3.63) is 29.8 Å². The molecule has 0 radical (unpaired) electrons. The lowest BCUT2D eigenvalue weighted by molar-refractivity contribution is -0.118. The average Bonchev–Trinajstić information content (AvgIpc) is 2.51. The first-order valence-corrected chi connectivity index (χ1v) is 8.34. The zero-order valence-corrected chi connectivity index (χ0v) is 17.7. The Hall–Kier alpha value is -1.31. The first kappa shape index (κ1) is 22.7. The number of aliphatic imine (C=N–C) groups is 1. The van der Waals surface area contributed by atoms with Gasteiger partial charge in [-0.15, -0.1) is 24.0 Å². The first-order chi connectivity index (χ1) is 10.9. The van der Waals surface area contributed by atoms with E-state index in [1.165, 1.54) is 0 Å². The van der Waals surface area contributed by atoms with Crippen molar-refractivity contribution in [2.24, 2.45) is 16.8 Å². The zero-order chi connectivity index (χ0) is 17.2. The summed E-state index contributed by atoms with van der Waals surface area (Å²) in [4.78, 5) is 16.2. The van der Waals surface area contributed by atoms with Crippen molar-refractivity contribution in [1.29, 1.82) is 0 Å². The smallest absolute Gasteiger partial charge is 0.226 e. The van der Waals surface area contributed by atoms with Gasteiger partial charge in [0.2, 0.25) is 5.91 Å². The van der Waals surface area contributed by atoms with Crippen LogP contribution >= 0.6 is 24.0 Å². The number of hydrogen-bond acceptors (Lipinski definition) is 2. The molecule has 136 valence electrons. The number of benzene rings is 1. The molecule has 0 aliphatic heterocycles. The lowest BCUT2D eigenvalue weighted by Crippen LogP contribution is -2.39. The summed E-state index contributed by atoms with van der Waals surface area (Å²) in [6.07, 6.45) is 0. The van der Waals surface area contributed by atoms with Crippen LogP contribution in [0.4, 0.5) is 5.69 Å². The third kappa shape index (κ3) is 9.10. The summed E-state index contributed by atoms with van der Waals surface area (Å²) >= 11 is 0. The molecule has 0 atom stereocenters. The monoisotopic (exact) mass is 446 g/mol. The Morgan fingerprint density at radius 1 is 1.08 bits per heavy atom. The number of anilines is 1. The SMILES string of the molecule is CCNC(=NCc1ccc(NC(=O)C(C)C)cc1)NCC(C)C.I. The van der Waals surface area contributed by atoms with Crippen LogP contribution in [-0.2, 0) is 11.3 Å². The maximum absolute atomic E-state index is 11.7. The van der Waals surface area contributed by atoms with Crippen molar-refractivity contribution in [3.63, 3.8) is 0 Å². The summed E-state index contributed by atoms with van der Waals surface area (Å²) in [5.41, 5.74) is 1.93. The molecule has 1 rings (SSSR count). The number of rotatable bonds is 7. The maximum Gasteiger partial charge on any atom is 0.226 e. The summed E-state index contributed by atoms with van der Waals surface area (Å²) < 4.78 is 0. The normalized spacial score (nSPS) is 11.2. The van der Waals surface area contributed by atoms with Crippen LogP contribution in [0.25, 0.3) is 0 Å². The van der Waals surface area contributed by atoms with Gasteiger partial charge >= 0.3 is 0 Å². The van der Waals surface area contributed by atoms with Gasteiger partial charge in [0.15, 0.2) is 5.96 Å². The molecular formula is C18H31IN4O. The molecule has 0 saturated carbocycles. The van der Waals surface area contributed by atoms with E-state index in [1.807, 2.05) is 38.1 Å². The molecule has 0 spiro atoms. The fourth-order valence-electron chi connectivity index (χ4n) is 1.79. The Morgan fingerprint density at radius 2 is 1.71 bits per heavy atom. The molecule has 6 heteroatoms. The molecule has 0 heterocycles. The van der Waals surface area contributed by atoms with E-state index in [1.54, 1.807) is 0 Å². The largest absolute Gasteiger partial charge is 0.357 e. The van der Waals surface area contributed by atoms with Crippen LogP contribution < -0.4 is 16.0 Å². The summed E-state index contributed by atoms with van der Waals surface area (Å²) in [6.45, 7) is 12.5. The fourth-order valence-corrected chi connectivity index (χ4v) is 1.79. The van der Waals surface area contributed by atoms with Gasteiger partial charge in [-0.3, -0.25) is 4.79 Å². The number of hydrogen-bond donors (Lipinski definition) is 3. The molecule has 0 aromatic heterocycles. The van der Waals surface area contributed by atoms with Gasteiger partial charge < -0.3 is 16.0 Å². The highest BCUT2D eigenvalue weighted by molar-refractivity contribution is 14.0. The van der Waals surface area contributed by atoms with Gasteiger partial charge in [0, 0.05) is 24.7 Å². The van der Waals surface area contributed by atoms with E-state index in [9.17, 15) is 4.79 Å². The van der Waals surface area contributed by atoms with Crippen LogP contribution in [0.5, 0.6) is 0 Å². The zero-order valence-electron chi connectivity index (χ0n) is 15.3. The molecule has 24 heavy (non-hydrogen) atoms. The molecule has 0 aliphatic rings. The highest BCUT2D eigenvalue weighted by Crippen LogP contribution is 2.11. The summed E-state index contributed by atoms with van der Waals surface area (Å²) in [5.74, 6) is 1.41. The Morgan fingerprint density at radius 3 is 2.21 bits per heavy atom. The molecule has 1 aromatic rings. The lowest BCUT2D eigenvalue weighted by atomic mass is 10.2. The van der Waals surface area contributed by atoms with Crippen molar-refractivity contribution in [2.45, 2.75) is 41.2 Å². The molecule has 0 aliphatic carbocycles. The first-order valence-electron chi connectivity index (χ1n) is 8.34. The molecule has 0 saturated heterocycles. The van der Waals surface area contributed by atoms with Crippen LogP contribution in [0.3, 0.4) is 0 Å². The third-order valence-corrected chi connectivity index (χ3v) is 3.19. The Labute approximate surface area is 163 Å². The van der Waals surface area contributed by atoms with Gasteiger partial charge in [-0.05, 0) is 30.5 Å². The van der Waals surface area contributed by atoms with Crippen LogP contribution in [0.15, 0.2) is 29.3 Å². The second-order valence-corrected chi connectivity index (χ2v) is 6.31. The quantitative estimate of drug-likeness (QED) is 0.341. The van der Waals surface area contributed by atoms with Gasteiger partial charge in [0.1, 0.15) is 0 Å². The molecule has 5 nitrogen and oxygen atoms in total. The lowest BCUT2D eigenvalue weighted by Gasteiger charge is -2.13. The molecular weight excluding hydrogens is 415 g/mol. The fraction of sp³-hybridized carbons (Fsp3) is 0.556. The third-order valence-electron chi connectivity index (χ3n) is 3.19. The molecule has 0 fully saturated rings. The average molecular weight is 446 g/mol. The highest BCUT2D eigenvalue weighted by atomic mass is 127. The van der Waals surface area contributed by atoms with Crippen LogP contribution in [0, 0.1) is 11.8 Å². The van der Waals surface area contributed by atoms with E-state index in [0.29, 0.717) is 12.5 Å². The second-order valence-electron chi connectivity index (χ2n) is 6.31. The van der Waals surface area contributed by atoms with Gasteiger partial charge in [0.05, 0.1) is 6.54 Å². The van der Waals surface area contributed by atoms with Crippen molar-refractivity contribution in [2.75, 3.05) is 18.4 Å². The van der Waals surface area contributed by atoms with Gasteiger partial charge in [0.25, 0.3) is 0 Å². The molecule has 0 unspecified atom stereocenters. The van der Waals surface area contributed by atoms with E-state index in [2.05, 4.69) is 41.7 Å². The van der Waals surface area contributed by atoms with Crippen molar-refractivity contribution in [1.82, 2.24) is 10.6 Å². The van der Waals surface area contributed by atoms with Crippen molar-refractivity contribution < 1.29 is 4.79 Å². The number of carbonyl (C=O) groups is 1. The number of nitrogens with one attached hydrogen (secondary N) is 3. The van der Waals surface area contributed by atoms with Gasteiger partial charge in [-0.25, -0.2) is 4.99 Å². The van der Waals surface area contributed by atoms with Crippen molar-refractivity contribution in [3.8, 4) is 0 Å². The van der Waals surface area contributed by atoms with E-state index in [4.69, 9.17) is 0 Å². The predicted molar refractivity (Wildman–Crippen MR) is 113 cm³/mol. The minimum Gasteiger partial charge on any atom is -0.357 e. The topological polar surface area (TPSA) is 65.5 Å². The number of carbonyl (C=O) groups excluding carboxylic acids is 1. The van der Waals surface area contributed by atoms with E-state index < -0.39 is 0 Å². The summed E-state index contributed by atoms with van der Waals surface area (Å²) in [5, 5.41) is 9.45. The highest BCUT2D eigenvalue weighted by Gasteiger charge is 2.06. The number of guanidine groups is 1. The number of halogens is 1. The minimum absolute atomic E-state index is 0. The van der Waals surface area contributed by atoms with E-state index >= 15 is 0 Å². The molecule has 0 bridgehead atoms. The standard InChI is InChI=1S/C18H30N4O.HI/c1-6-19-18(20-11-13(2)3)21-12-15-7-9-16(10-8-15)22-17(23)14(4)5;/h7-10,13-14H,6,11-12H2,1-5H3,(H,22,23)(H2,19,20,21);1H. The van der Waals surface area contributed by atoms with Crippen LogP contribution in [-0.4, -0.2) is 25.0 Å². The second kappa shape index (κ2) is 12.1. The van der Waals surface area contributed by atoms with Gasteiger partial charge in [-0.1, -0.05) is 39.8 Å². The number of amides is 1. The predicted octanol–water partition coefficient (Wildman–Crippen LogP) is 3.61. The van der Waals surface area contributed by atoms with Crippen LogP contribution in [0.2, 0.25) is 0 Å².